The fraction of sp³-hybridized carbons (Fsp3) is 0.591. The van der Waals surface area contributed by atoms with Crippen molar-refractivity contribution >= 4 is 23.5 Å². The third-order valence-corrected chi connectivity index (χ3v) is 8.10. The summed E-state index contributed by atoms with van der Waals surface area (Å²) < 4.78 is -0.354. The van der Waals surface area contributed by atoms with Crippen LogP contribution in [-0.4, -0.2) is 22.5 Å². The van der Waals surface area contributed by atoms with E-state index in [4.69, 9.17) is 10.7 Å². The van der Waals surface area contributed by atoms with E-state index in [-0.39, 0.29) is 22.1 Å². The van der Waals surface area contributed by atoms with Crippen molar-refractivity contribution in [2.75, 3.05) is 0 Å². The van der Waals surface area contributed by atoms with Gasteiger partial charge >= 0.3 is 0 Å². The lowest BCUT2D eigenvalue weighted by atomic mass is 9.48. The molecular formula is C22H28N4OS. The van der Waals surface area contributed by atoms with Gasteiger partial charge in [-0.25, -0.2) is 0 Å². The first-order valence-corrected chi connectivity index (χ1v) is 10.9. The summed E-state index contributed by atoms with van der Waals surface area (Å²) in [6.45, 7) is 4.21. The highest BCUT2D eigenvalue weighted by molar-refractivity contribution is 8.01. The number of rotatable bonds is 5. The first-order chi connectivity index (χ1) is 13.3. The van der Waals surface area contributed by atoms with Crippen molar-refractivity contribution in [3.05, 3.63) is 30.3 Å². The average Bonchev–Trinajstić information content (AvgIpc) is 2.63. The van der Waals surface area contributed by atoms with Gasteiger partial charge in [0.2, 0.25) is 5.91 Å². The topological polar surface area (TPSA) is 91.3 Å². The Balaban J connectivity index is 1.60. The standard InChI is InChI=1S/C22H28N4OS/c1-21(2,28-17-6-4-3-5-7-17)20(25-13-23)26-18-15-8-14-9-16(18)12-22(10-14,11-15)19(24)27/h3-7,14-16,18H,8-12H2,1-2H3,(H2,24,27)(H,25,26). The maximum atomic E-state index is 12.2. The molecule has 1 amide bonds. The number of nitrogens with one attached hydrogen (secondary N) is 1. The number of hydrogen-bond acceptors (Lipinski definition) is 4. The average molecular weight is 397 g/mol. The van der Waals surface area contributed by atoms with Gasteiger partial charge in [0, 0.05) is 10.3 Å². The van der Waals surface area contributed by atoms with Crippen molar-refractivity contribution in [1.82, 2.24) is 5.32 Å². The SMILES string of the molecule is CC(C)(Sc1ccccc1)C(=NC1C2CC3CC1CC(C(N)=O)(C3)C2)NC#N. The van der Waals surface area contributed by atoms with Crippen LogP contribution in [0.25, 0.3) is 0 Å². The third-order valence-electron chi connectivity index (χ3n) is 6.89. The van der Waals surface area contributed by atoms with Crippen molar-refractivity contribution in [3.8, 4) is 6.19 Å². The van der Waals surface area contributed by atoms with Crippen LogP contribution in [0.3, 0.4) is 0 Å². The summed E-state index contributed by atoms with van der Waals surface area (Å²) in [6, 6.07) is 10.4. The number of benzene rings is 1. The zero-order valence-corrected chi connectivity index (χ0v) is 17.3. The van der Waals surface area contributed by atoms with Crippen LogP contribution in [0.1, 0.15) is 46.0 Å². The molecule has 5 nitrogen and oxygen atoms in total. The molecule has 0 aliphatic heterocycles. The molecule has 0 radical (unpaired) electrons. The number of thioether (sulfide) groups is 1. The van der Waals surface area contributed by atoms with E-state index in [0.717, 1.165) is 42.8 Å². The Kier molecular flexibility index (Phi) is 4.91. The van der Waals surface area contributed by atoms with E-state index in [1.165, 1.54) is 0 Å². The molecule has 4 fully saturated rings. The molecular weight excluding hydrogens is 368 g/mol. The first kappa shape index (κ1) is 19.3. The number of carbonyl (C=O) groups is 1. The van der Waals surface area contributed by atoms with Gasteiger partial charge in [0.15, 0.2) is 6.19 Å². The van der Waals surface area contributed by atoms with E-state index >= 15 is 0 Å². The molecule has 2 unspecified atom stereocenters. The quantitative estimate of drug-likeness (QED) is 0.261. The molecule has 28 heavy (non-hydrogen) atoms. The maximum absolute atomic E-state index is 12.2. The molecule has 4 saturated carbocycles. The van der Waals surface area contributed by atoms with E-state index in [2.05, 4.69) is 37.5 Å². The second kappa shape index (κ2) is 7.11. The summed E-state index contributed by atoms with van der Waals surface area (Å²) in [4.78, 5) is 18.5. The van der Waals surface area contributed by atoms with Crippen molar-refractivity contribution in [2.45, 2.75) is 61.6 Å². The summed E-state index contributed by atoms with van der Waals surface area (Å²) in [7, 11) is 0. The number of hydrogen-bond donors (Lipinski definition) is 2. The third kappa shape index (κ3) is 3.41. The summed E-state index contributed by atoms with van der Waals surface area (Å²) in [5.74, 6) is 2.01. The molecule has 3 N–H and O–H groups in total. The Bertz CT molecular complexity index is 813. The van der Waals surface area contributed by atoms with E-state index in [0.29, 0.717) is 17.8 Å². The summed E-state index contributed by atoms with van der Waals surface area (Å²) in [5, 5.41) is 12.2. The lowest BCUT2D eigenvalue weighted by Crippen LogP contribution is -2.57. The molecule has 6 heteroatoms. The Labute approximate surface area is 171 Å². The summed E-state index contributed by atoms with van der Waals surface area (Å²) in [6.07, 6.45) is 7.03. The van der Waals surface area contributed by atoms with Crippen LogP contribution in [0.4, 0.5) is 0 Å². The number of aliphatic imine (C=N–C) groups is 1. The van der Waals surface area contributed by atoms with Crippen LogP contribution in [0, 0.1) is 34.6 Å². The van der Waals surface area contributed by atoms with Crippen LogP contribution in [0.2, 0.25) is 0 Å². The van der Waals surface area contributed by atoms with Gasteiger partial charge in [-0.2, -0.15) is 5.26 Å². The second-order valence-electron chi connectivity index (χ2n) is 9.25. The molecule has 0 saturated heterocycles. The van der Waals surface area contributed by atoms with Crippen molar-refractivity contribution in [3.63, 3.8) is 0 Å². The lowest BCUT2D eigenvalue weighted by molar-refractivity contribution is -0.144. The largest absolute Gasteiger partial charge is 0.369 e. The Morgan fingerprint density at radius 1 is 1.25 bits per heavy atom. The molecule has 0 spiro atoms. The maximum Gasteiger partial charge on any atom is 0.223 e. The molecule has 1 aromatic carbocycles. The van der Waals surface area contributed by atoms with Gasteiger partial charge in [-0.05, 0) is 75.8 Å². The fourth-order valence-corrected chi connectivity index (χ4v) is 6.96. The van der Waals surface area contributed by atoms with Crippen LogP contribution in [-0.2, 0) is 4.79 Å². The Morgan fingerprint density at radius 3 is 2.46 bits per heavy atom. The molecule has 5 rings (SSSR count). The van der Waals surface area contributed by atoms with Gasteiger partial charge in [0.05, 0.1) is 10.8 Å². The Hall–Kier alpha value is -2.00. The predicted molar refractivity (Wildman–Crippen MR) is 112 cm³/mol. The van der Waals surface area contributed by atoms with Crippen LogP contribution >= 0.6 is 11.8 Å². The van der Waals surface area contributed by atoms with Crippen LogP contribution in [0.5, 0.6) is 0 Å². The van der Waals surface area contributed by atoms with Crippen molar-refractivity contribution < 1.29 is 4.79 Å². The minimum atomic E-state index is -0.354. The molecule has 0 aromatic heterocycles. The number of amidine groups is 1. The zero-order chi connectivity index (χ0) is 19.9. The van der Waals surface area contributed by atoms with E-state index in [1.54, 1.807) is 11.8 Å². The van der Waals surface area contributed by atoms with E-state index in [9.17, 15) is 10.1 Å². The molecule has 4 aliphatic carbocycles. The van der Waals surface area contributed by atoms with Crippen molar-refractivity contribution in [1.29, 1.82) is 5.26 Å². The van der Waals surface area contributed by atoms with Gasteiger partial charge in [-0.15, -0.1) is 11.8 Å². The highest BCUT2D eigenvalue weighted by Crippen LogP contribution is 2.60. The molecule has 148 valence electrons. The van der Waals surface area contributed by atoms with Gasteiger partial charge in [0.25, 0.3) is 0 Å². The highest BCUT2D eigenvalue weighted by atomic mass is 32.2. The normalized spacial score (nSPS) is 34.1. The number of carbonyl (C=O) groups excluding carboxylic acids is 1. The summed E-state index contributed by atoms with van der Waals surface area (Å²) >= 11 is 1.71. The predicted octanol–water partition coefficient (Wildman–Crippen LogP) is 3.71. The zero-order valence-electron chi connectivity index (χ0n) is 16.5. The first-order valence-electron chi connectivity index (χ1n) is 10.1. The molecule has 1 aromatic rings. The summed E-state index contributed by atoms with van der Waals surface area (Å²) in [5.41, 5.74) is 5.50. The fourth-order valence-electron chi connectivity index (χ4n) is 5.88. The minimum Gasteiger partial charge on any atom is -0.369 e. The highest BCUT2D eigenvalue weighted by Gasteiger charge is 2.58. The number of primary amides is 1. The van der Waals surface area contributed by atoms with E-state index in [1.807, 2.05) is 18.2 Å². The number of nitrogens with zero attached hydrogens (tertiary/aromatic N) is 2. The molecule has 4 aliphatic rings. The van der Waals surface area contributed by atoms with Gasteiger partial charge in [-0.1, -0.05) is 18.2 Å². The lowest BCUT2D eigenvalue weighted by Gasteiger charge is -2.57. The van der Waals surface area contributed by atoms with Crippen LogP contribution < -0.4 is 11.1 Å². The molecule has 0 heterocycles. The second-order valence-corrected chi connectivity index (χ2v) is 10.9. The number of amides is 1. The van der Waals surface area contributed by atoms with Gasteiger partial charge in [0.1, 0.15) is 5.84 Å². The van der Waals surface area contributed by atoms with Crippen LogP contribution in [0.15, 0.2) is 40.2 Å². The van der Waals surface area contributed by atoms with Gasteiger partial charge < -0.3 is 5.73 Å². The molecule has 4 bridgehead atoms. The minimum absolute atomic E-state index is 0.121. The van der Waals surface area contributed by atoms with Crippen molar-refractivity contribution in [2.24, 2.45) is 33.9 Å². The Morgan fingerprint density at radius 2 is 1.89 bits per heavy atom. The number of nitrogens with two attached hydrogens (primary N) is 1. The monoisotopic (exact) mass is 396 g/mol. The smallest absolute Gasteiger partial charge is 0.223 e. The van der Waals surface area contributed by atoms with E-state index < -0.39 is 0 Å². The number of nitriles is 1. The van der Waals surface area contributed by atoms with Gasteiger partial charge in [-0.3, -0.25) is 15.1 Å². The molecule has 2 atom stereocenters.